The second-order valence-corrected chi connectivity index (χ2v) is 7.49. The number of carbonyl (C=O) groups excluding carboxylic acids is 1. The van der Waals surface area contributed by atoms with Gasteiger partial charge in [0.25, 0.3) is 5.91 Å². The number of rotatable bonds is 5. The summed E-state index contributed by atoms with van der Waals surface area (Å²) in [5, 5.41) is 12.3. The summed E-state index contributed by atoms with van der Waals surface area (Å²) < 4.78 is 0. The van der Waals surface area contributed by atoms with E-state index in [9.17, 15) is 9.90 Å². The summed E-state index contributed by atoms with van der Waals surface area (Å²) in [4.78, 5) is 13.1. The molecule has 3 aromatic carbocycles. The smallest absolute Gasteiger partial charge is 0.279 e. The summed E-state index contributed by atoms with van der Waals surface area (Å²) in [5.74, 6) is -0.642. The first-order chi connectivity index (χ1) is 13.3. The van der Waals surface area contributed by atoms with Crippen LogP contribution in [0.5, 0.6) is 0 Å². The number of aliphatic hydroxyl groups is 1. The Morgan fingerprint density at radius 3 is 1.86 bits per heavy atom. The third-order valence-corrected chi connectivity index (χ3v) is 5.07. The molecule has 0 spiro atoms. The number of amides is 1. The molecular formula is C22H20Cl2N2O2. The molecule has 0 aliphatic heterocycles. The van der Waals surface area contributed by atoms with Crippen LogP contribution in [-0.2, 0) is 10.4 Å². The van der Waals surface area contributed by atoms with E-state index in [1.54, 1.807) is 42.5 Å². The third-order valence-electron chi connectivity index (χ3n) is 4.51. The SMILES string of the molecule is Cc1ccc(C(O)(C(=O)NNc2cc(Cl)ccc2Cl)c2ccc(C)cc2)cc1. The van der Waals surface area contributed by atoms with Gasteiger partial charge >= 0.3 is 0 Å². The van der Waals surface area contributed by atoms with Gasteiger partial charge in [-0.05, 0) is 43.2 Å². The van der Waals surface area contributed by atoms with Crippen molar-refractivity contribution in [3.63, 3.8) is 0 Å². The molecule has 0 aliphatic rings. The zero-order chi connectivity index (χ0) is 20.3. The molecule has 0 bridgehead atoms. The number of anilines is 1. The second kappa shape index (κ2) is 8.23. The molecule has 0 saturated heterocycles. The number of carbonyl (C=O) groups is 1. The highest BCUT2D eigenvalue weighted by atomic mass is 35.5. The first-order valence-corrected chi connectivity index (χ1v) is 9.44. The standard InChI is InChI=1S/C22H20Cl2N2O2/c1-14-3-7-16(8-4-14)22(28,17-9-5-15(2)6-10-17)21(27)26-25-20-13-18(23)11-12-19(20)24/h3-13,25,28H,1-2H3,(H,26,27). The van der Waals surface area contributed by atoms with Crippen molar-refractivity contribution in [1.29, 1.82) is 0 Å². The van der Waals surface area contributed by atoms with E-state index in [0.717, 1.165) is 11.1 Å². The molecule has 0 aliphatic carbocycles. The van der Waals surface area contributed by atoms with Crippen LogP contribution in [0, 0.1) is 13.8 Å². The lowest BCUT2D eigenvalue weighted by atomic mass is 9.85. The van der Waals surface area contributed by atoms with Crippen LogP contribution in [0.4, 0.5) is 5.69 Å². The first kappa shape index (κ1) is 20.2. The number of benzene rings is 3. The molecule has 0 fully saturated rings. The van der Waals surface area contributed by atoms with Gasteiger partial charge < -0.3 is 5.11 Å². The molecular weight excluding hydrogens is 395 g/mol. The molecule has 4 nitrogen and oxygen atoms in total. The summed E-state index contributed by atoms with van der Waals surface area (Å²) in [6.45, 7) is 3.88. The summed E-state index contributed by atoms with van der Waals surface area (Å²) in [5.41, 5.74) is 6.80. The van der Waals surface area contributed by atoms with E-state index in [-0.39, 0.29) is 0 Å². The molecule has 6 heteroatoms. The summed E-state index contributed by atoms with van der Waals surface area (Å²) >= 11 is 12.1. The maximum Gasteiger partial charge on any atom is 0.279 e. The zero-order valence-electron chi connectivity index (χ0n) is 15.5. The minimum absolute atomic E-state index is 0.388. The minimum Gasteiger partial charge on any atom is -0.372 e. The van der Waals surface area contributed by atoms with Gasteiger partial charge in [0.05, 0.1) is 10.7 Å². The number of nitrogens with one attached hydrogen (secondary N) is 2. The number of halogens is 2. The van der Waals surface area contributed by atoms with Gasteiger partial charge in [-0.15, -0.1) is 0 Å². The Labute approximate surface area is 174 Å². The van der Waals surface area contributed by atoms with Crippen LogP contribution < -0.4 is 10.9 Å². The van der Waals surface area contributed by atoms with E-state index >= 15 is 0 Å². The Hall–Kier alpha value is -2.53. The highest BCUT2D eigenvalue weighted by molar-refractivity contribution is 6.35. The van der Waals surface area contributed by atoms with Gasteiger partial charge in [0.2, 0.25) is 0 Å². The Morgan fingerprint density at radius 1 is 0.857 bits per heavy atom. The van der Waals surface area contributed by atoms with Crippen molar-refractivity contribution in [2.75, 3.05) is 5.43 Å². The Morgan fingerprint density at radius 2 is 1.36 bits per heavy atom. The van der Waals surface area contributed by atoms with Gasteiger partial charge in [-0.2, -0.15) is 0 Å². The van der Waals surface area contributed by atoms with Crippen LogP contribution in [0.15, 0.2) is 66.7 Å². The fourth-order valence-corrected chi connectivity index (χ4v) is 3.16. The number of aryl methyl sites for hydroxylation is 2. The van der Waals surface area contributed by atoms with Crippen LogP contribution in [0.2, 0.25) is 10.0 Å². The quantitative estimate of drug-likeness (QED) is 0.515. The minimum atomic E-state index is -1.89. The molecule has 0 unspecified atom stereocenters. The summed E-state index contributed by atoms with van der Waals surface area (Å²) in [6.07, 6.45) is 0. The van der Waals surface area contributed by atoms with E-state index in [0.29, 0.717) is 26.9 Å². The van der Waals surface area contributed by atoms with Crippen LogP contribution in [0.3, 0.4) is 0 Å². The third kappa shape index (κ3) is 4.14. The van der Waals surface area contributed by atoms with E-state index < -0.39 is 11.5 Å². The fraction of sp³-hybridized carbons (Fsp3) is 0.136. The van der Waals surface area contributed by atoms with E-state index in [4.69, 9.17) is 23.2 Å². The van der Waals surface area contributed by atoms with E-state index in [2.05, 4.69) is 10.9 Å². The van der Waals surface area contributed by atoms with Crippen LogP contribution in [-0.4, -0.2) is 11.0 Å². The normalized spacial score (nSPS) is 11.2. The van der Waals surface area contributed by atoms with Gasteiger partial charge in [-0.1, -0.05) is 82.9 Å². The largest absolute Gasteiger partial charge is 0.372 e. The zero-order valence-corrected chi connectivity index (χ0v) is 17.0. The monoisotopic (exact) mass is 414 g/mol. The molecule has 144 valence electrons. The van der Waals surface area contributed by atoms with Gasteiger partial charge in [-0.25, -0.2) is 0 Å². The second-order valence-electron chi connectivity index (χ2n) is 6.65. The molecule has 28 heavy (non-hydrogen) atoms. The van der Waals surface area contributed by atoms with Gasteiger partial charge in [0.15, 0.2) is 5.60 Å². The fourth-order valence-electron chi connectivity index (χ4n) is 2.83. The Balaban J connectivity index is 1.96. The lowest BCUT2D eigenvalue weighted by molar-refractivity contribution is -0.136. The Bertz CT molecular complexity index is 941. The average molecular weight is 415 g/mol. The lowest BCUT2D eigenvalue weighted by Gasteiger charge is -2.28. The molecule has 3 rings (SSSR count). The van der Waals surface area contributed by atoms with Crippen molar-refractivity contribution in [2.45, 2.75) is 19.4 Å². The van der Waals surface area contributed by atoms with Crippen LogP contribution in [0.1, 0.15) is 22.3 Å². The maximum absolute atomic E-state index is 13.1. The predicted octanol–water partition coefficient (Wildman–Crippen LogP) is 4.99. The van der Waals surface area contributed by atoms with Crippen molar-refractivity contribution in [2.24, 2.45) is 0 Å². The van der Waals surface area contributed by atoms with E-state index in [1.807, 2.05) is 38.1 Å². The first-order valence-electron chi connectivity index (χ1n) is 8.69. The van der Waals surface area contributed by atoms with Crippen molar-refractivity contribution in [3.8, 4) is 0 Å². The molecule has 3 N–H and O–H groups in total. The van der Waals surface area contributed by atoms with Crippen molar-refractivity contribution >= 4 is 34.8 Å². The van der Waals surface area contributed by atoms with E-state index in [1.165, 1.54) is 0 Å². The van der Waals surface area contributed by atoms with Gasteiger partial charge in [-0.3, -0.25) is 15.6 Å². The predicted molar refractivity (Wildman–Crippen MR) is 114 cm³/mol. The molecule has 0 heterocycles. The highest BCUT2D eigenvalue weighted by Gasteiger charge is 2.40. The molecule has 0 saturated carbocycles. The van der Waals surface area contributed by atoms with Crippen molar-refractivity contribution < 1.29 is 9.90 Å². The lowest BCUT2D eigenvalue weighted by Crippen LogP contribution is -2.47. The molecule has 3 aromatic rings. The number of hydrazine groups is 1. The summed E-state index contributed by atoms with van der Waals surface area (Å²) in [6, 6.07) is 19.2. The Kier molecular flexibility index (Phi) is 5.94. The number of hydrogen-bond donors (Lipinski definition) is 3. The molecule has 0 atom stereocenters. The number of hydrogen-bond acceptors (Lipinski definition) is 3. The topological polar surface area (TPSA) is 61.4 Å². The highest BCUT2D eigenvalue weighted by Crippen LogP contribution is 2.31. The van der Waals surface area contributed by atoms with Crippen molar-refractivity contribution in [3.05, 3.63) is 99.0 Å². The van der Waals surface area contributed by atoms with Gasteiger partial charge in [0.1, 0.15) is 0 Å². The molecule has 0 aromatic heterocycles. The summed E-state index contributed by atoms with van der Waals surface area (Å²) in [7, 11) is 0. The van der Waals surface area contributed by atoms with Gasteiger partial charge in [0, 0.05) is 5.02 Å². The molecule has 0 radical (unpaired) electrons. The molecule has 1 amide bonds. The maximum atomic E-state index is 13.1. The van der Waals surface area contributed by atoms with Crippen LogP contribution >= 0.6 is 23.2 Å². The van der Waals surface area contributed by atoms with Crippen molar-refractivity contribution in [1.82, 2.24) is 5.43 Å². The van der Waals surface area contributed by atoms with Crippen LogP contribution in [0.25, 0.3) is 0 Å². The average Bonchev–Trinajstić information content (AvgIpc) is 2.69.